The van der Waals surface area contributed by atoms with Crippen molar-refractivity contribution in [3.63, 3.8) is 0 Å². The first kappa shape index (κ1) is 29.2. The Morgan fingerprint density at radius 2 is 1.62 bits per heavy atom. The van der Waals surface area contributed by atoms with Crippen molar-refractivity contribution < 1.29 is 23.5 Å². The lowest BCUT2D eigenvalue weighted by Gasteiger charge is -2.43. The minimum absolute atomic E-state index is 0.0265. The lowest BCUT2D eigenvalue weighted by atomic mass is 9.88. The summed E-state index contributed by atoms with van der Waals surface area (Å²) >= 11 is 12.3. The number of carbonyl (C=O) groups excluding carboxylic acids is 1. The van der Waals surface area contributed by atoms with Crippen molar-refractivity contribution in [1.82, 2.24) is 5.32 Å². The second-order valence-corrected chi connectivity index (χ2v) is 11.3. The number of likely N-dealkylation sites (N-methyl/N-ethyl adjacent to an activating group) is 1. The molecule has 0 saturated carbocycles. The van der Waals surface area contributed by atoms with Crippen molar-refractivity contribution in [2.24, 2.45) is 11.8 Å². The van der Waals surface area contributed by atoms with Crippen LogP contribution in [0.1, 0.15) is 32.3 Å². The summed E-state index contributed by atoms with van der Waals surface area (Å²) in [4.78, 5) is 13.0. The van der Waals surface area contributed by atoms with E-state index >= 15 is 0 Å². The number of hydrogen-bond acceptors (Lipinski definition) is 4. The molecule has 3 rings (SSSR count). The van der Waals surface area contributed by atoms with Crippen LogP contribution < -0.4 is 24.8 Å². The number of halogens is 2. The van der Waals surface area contributed by atoms with Crippen LogP contribution in [-0.2, 0) is 6.42 Å². The van der Waals surface area contributed by atoms with Crippen LogP contribution in [0.25, 0.3) is 0 Å². The summed E-state index contributed by atoms with van der Waals surface area (Å²) in [6.45, 7) is 7.32. The number of likely N-dealkylation sites (tertiary alicyclic amines) is 1. The van der Waals surface area contributed by atoms with Gasteiger partial charge in [-0.2, -0.15) is 0 Å². The molecule has 1 aliphatic heterocycles. The molecule has 0 unspecified atom stereocenters. The van der Waals surface area contributed by atoms with Gasteiger partial charge >= 0.3 is 6.03 Å². The van der Waals surface area contributed by atoms with Gasteiger partial charge < -0.3 is 29.3 Å². The lowest BCUT2D eigenvalue weighted by molar-refractivity contribution is -0.916. The van der Waals surface area contributed by atoms with Crippen LogP contribution in [0.4, 0.5) is 10.5 Å². The molecule has 1 saturated heterocycles. The number of hydrogen-bond donors (Lipinski definition) is 2. The smallest absolute Gasteiger partial charge is 0.319 e. The number of anilines is 1. The Balaban J connectivity index is 1.59. The van der Waals surface area contributed by atoms with Gasteiger partial charge in [-0.15, -0.1) is 0 Å². The SMILES string of the molecule is COc1cc(NC(=O)N[C@@H](C[N+]2(C)CCC(Cc3ccc(Cl)c(Cl)c3)CC2)C(C)C)cc(OC)c1OC. The number of benzene rings is 2. The number of methoxy groups -OCH3 is 3. The Kier molecular flexibility index (Phi) is 10.2. The maximum absolute atomic E-state index is 13.0. The van der Waals surface area contributed by atoms with E-state index in [-0.39, 0.29) is 18.0 Å². The first-order valence-electron chi connectivity index (χ1n) is 12.7. The van der Waals surface area contributed by atoms with Crippen molar-refractivity contribution in [3.8, 4) is 17.2 Å². The molecule has 7 nitrogen and oxygen atoms in total. The summed E-state index contributed by atoms with van der Waals surface area (Å²) in [5.74, 6) is 2.36. The van der Waals surface area contributed by atoms with Gasteiger partial charge in [-0.1, -0.05) is 43.1 Å². The van der Waals surface area contributed by atoms with Crippen LogP contribution in [-0.4, -0.2) is 64.6 Å². The van der Waals surface area contributed by atoms with Gasteiger partial charge in [0.25, 0.3) is 0 Å². The van der Waals surface area contributed by atoms with Crippen molar-refractivity contribution in [3.05, 3.63) is 45.9 Å². The van der Waals surface area contributed by atoms with Gasteiger partial charge in [0.1, 0.15) is 0 Å². The third kappa shape index (κ3) is 7.82. The van der Waals surface area contributed by atoms with Gasteiger partial charge in [0.05, 0.1) is 69.8 Å². The normalized spacial score (nSPS) is 20.3. The molecule has 2 aromatic rings. The highest BCUT2D eigenvalue weighted by atomic mass is 35.5. The maximum atomic E-state index is 13.0. The van der Waals surface area contributed by atoms with E-state index in [2.05, 4.69) is 37.6 Å². The van der Waals surface area contributed by atoms with E-state index in [9.17, 15) is 4.79 Å². The van der Waals surface area contributed by atoms with Gasteiger partial charge in [-0.25, -0.2) is 4.79 Å². The molecule has 0 spiro atoms. The Morgan fingerprint density at radius 3 is 2.14 bits per heavy atom. The van der Waals surface area contributed by atoms with E-state index in [0.29, 0.717) is 38.9 Å². The first-order chi connectivity index (χ1) is 17.6. The summed E-state index contributed by atoms with van der Waals surface area (Å²) in [5.41, 5.74) is 1.80. The average Bonchev–Trinajstić information content (AvgIpc) is 2.86. The fraction of sp³-hybridized carbons (Fsp3) is 0.536. The fourth-order valence-electron chi connectivity index (χ4n) is 5.02. The average molecular weight is 554 g/mol. The van der Waals surface area contributed by atoms with Crippen LogP contribution in [0.3, 0.4) is 0 Å². The second-order valence-electron chi connectivity index (χ2n) is 10.5. The number of piperidine rings is 1. The fourth-order valence-corrected chi connectivity index (χ4v) is 5.34. The summed E-state index contributed by atoms with van der Waals surface area (Å²) in [6, 6.07) is 9.15. The first-order valence-corrected chi connectivity index (χ1v) is 13.5. The summed E-state index contributed by atoms with van der Waals surface area (Å²) in [7, 11) is 6.94. The second kappa shape index (κ2) is 12.9. The van der Waals surface area contributed by atoms with E-state index in [1.165, 1.54) is 5.56 Å². The van der Waals surface area contributed by atoms with Crippen LogP contribution in [0.5, 0.6) is 17.2 Å². The van der Waals surface area contributed by atoms with Crippen LogP contribution in [0.15, 0.2) is 30.3 Å². The van der Waals surface area contributed by atoms with E-state index < -0.39 is 0 Å². The van der Waals surface area contributed by atoms with E-state index in [1.807, 2.05) is 12.1 Å². The molecule has 2 amide bonds. The van der Waals surface area contributed by atoms with Gasteiger partial charge in [-0.05, 0) is 48.8 Å². The van der Waals surface area contributed by atoms with Gasteiger partial charge in [0.2, 0.25) is 5.75 Å². The minimum Gasteiger partial charge on any atom is -0.493 e. The third-order valence-electron chi connectivity index (χ3n) is 7.34. The molecule has 0 aromatic heterocycles. The molecular weight excluding hydrogens is 513 g/mol. The van der Waals surface area contributed by atoms with Gasteiger partial charge in [0, 0.05) is 12.1 Å². The zero-order chi connectivity index (χ0) is 27.2. The van der Waals surface area contributed by atoms with Crippen molar-refractivity contribution in [2.45, 2.75) is 39.2 Å². The Labute approximate surface area is 230 Å². The molecule has 0 bridgehead atoms. The lowest BCUT2D eigenvalue weighted by Crippen LogP contribution is -2.58. The molecule has 1 atom stereocenters. The quantitative estimate of drug-likeness (QED) is 0.341. The van der Waals surface area contributed by atoms with Crippen molar-refractivity contribution >= 4 is 34.9 Å². The van der Waals surface area contributed by atoms with Gasteiger partial charge in [-0.3, -0.25) is 0 Å². The highest BCUT2D eigenvalue weighted by Gasteiger charge is 2.34. The van der Waals surface area contributed by atoms with E-state index in [0.717, 1.165) is 43.4 Å². The Hall–Kier alpha value is -2.35. The molecule has 1 fully saturated rings. The Morgan fingerprint density at radius 1 is 1.00 bits per heavy atom. The van der Waals surface area contributed by atoms with Crippen molar-refractivity contribution in [1.29, 1.82) is 0 Å². The molecular formula is C28H40Cl2N3O4+. The van der Waals surface area contributed by atoms with Crippen LogP contribution in [0.2, 0.25) is 10.0 Å². The molecule has 2 N–H and O–H groups in total. The number of amides is 2. The molecule has 1 heterocycles. The molecule has 0 radical (unpaired) electrons. The maximum Gasteiger partial charge on any atom is 0.319 e. The summed E-state index contributed by atoms with van der Waals surface area (Å²) in [6.07, 6.45) is 3.29. The third-order valence-corrected chi connectivity index (χ3v) is 8.08. The zero-order valence-corrected chi connectivity index (χ0v) is 24.2. The van der Waals surface area contributed by atoms with E-state index in [1.54, 1.807) is 33.5 Å². The number of urea groups is 1. The largest absolute Gasteiger partial charge is 0.493 e. The predicted octanol–water partition coefficient (Wildman–Crippen LogP) is 6.26. The minimum atomic E-state index is -0.255. The summed E-state index contributed by atoms with van der Waals surface area (Å²) in [5, 5.41) is 7.34. The standard InChI is InChI=1S/C28H39Cl2N3O4/c1-18(2)24(32-28(34)31-21-15-25(35-4)27(37-6)26(16-21)36-5)17-33(3)11-9-19(10-12-33)13-20-7-8-22(29)23(30)14-20/h7-8,14-16,18-19,24H,9-13,17H2,1-6H3,(H-,31,32,34)/p+1/t19?,24-,33?/m0/s1. The predicted molar refractivity (Wildman–Crippen MR) is 151 cm³/mol. The van der Waals surface area contributed by atoms with E-state index in [4.69, 9.17) is 37.4 Å². The molecule has 1 aliphatic rings. The van der Waals surface area contributed by atoms with Crippen LogP contribution >= 0.6 is 23.2 Å². The number of nitrogens with one attached hydrogen (secondary N) is 2. The highest BCUT2D eigenvalue weighted by Crippen LogP contribution is 2.40. The summed E-state index contributed by atoms with van der Waals surface area (Å²) < 4.78 is 17.1. The van der Waals surface area contributed by atoms with Crippen molar-refractivity contribution in [2.75, 3.05) is 53.3 Å². The molecule has 9 heteroatoms. The number of carbonyl (C=O) groups is 1. The Bertz CT molecular complexity index is 1050. The number of quaternary nitrogens is 1. The highest BCUT2D eigenvalue weighted by molar-refractivity contribution is 6.42. The topological polar surface area (TPSA) is 68.8 Å². The zero-order valence-electron chi connectivity index (χ0n) is 22.7. The van der Waals surface area contributed by atoms with Gasteiger partial charge in [0.15, 0.2) is 11.5 Å². The molecule has 37 heavy (non-hydrogen) atoms. The number of rotatable bonds is 10. The molecule has 204 valence electrons. The number of ether oxygens (including phenoxy) is 3. The molecule has 0 aliphatic carbocycles. The van der Waals surface area contributed by atoms with Crippen LogP contribution in [0, 0.1) is 11.8 Å². The molecule has 2 aromatic carbocycles. The monoisotopic (exact) mass is 552 g/mol. The number of nitrogens with zero attached hydrogens (tertiary/aromatic N) is 1.